The lowest BCUT2D eigenvalue weighted by Crippen LogP contribution is -2.08. The van der Waals surface area contributed by atoms with Gasteiger partial charge in [0.05, 0.1) is 6.42 Å². The Morgan fingerprint density at radius 2 is 2.40 bits per heavy atom. The molecule has 4 nitrogen and oxygen atoms in total. The Bertz CT molecular complexity index is 363. The molecule has 1 unspecified atom stereocenters. The maximum atomic E-state index is 10.6. The Morgan fingerprint density at radius 3 is 2.93 bits per heavy atom. The highest BCUT2D eigenvalue weighted by Crippen LogP contribution is 2.21. The molecule has 4 heteroatoms. The zero-order chi connectivity index (χ0) is 11.3. The van der Waals surface area contributed by atoms with Crippen LogP contribution in [0.3, 0.4) is 0 Å². The van der Waals surface area contributed by atoms with E-state index >= 15 is 0 Å². The van der Waals surface area contributed by atoms with E-state index in [-0.39, 0.29) is 18.8 Å². The Morgan fingerprint density at radius 1 is 1.67 bits per heavy atom. The first kappa shape index (κ1) is 11.4. The zero-order valence-electron chi connectivity index (χ0n) is 8.51. The van der Waals surface area contributed by atoms with Crippen molar-refractivity contribution in [3.05, 3.63) is 29.6 Å². The van der Waals surface area contributed by atoms with Crippen molar-refractivity contribution >= 4 is 12.3 Å². The van der Waals surface area contributed by atoms with Crippen molar-refractivity contribution in [2.45, 2.75) is 25.7 Å². The smallest absolute Gasteiger partial charge is 0.304 e. The predicted molar refractivity (Wildman–Crippen MR) is 54.6 cm³/mol. The number of carboxylic acid groups (broad SMARTS) is 1. The number of aldehydes is 1. The minimum absolute atomic E-state index is 0.0603. The molecular weight excluding hydrogens is 194 g/mol. The largest absolute Gasteiger partial charge is 0.481 e. The van der Waals surface area contributed by atoms with Gasteiger partial charge in [0, 0.05) is 24.2 Å². The van der Waals surface area contributed by atoms with E-state index in [0.29, 0.717) is 5.69 Å². The molecule has 1 rings (SSSR count). The lowest BCUT2D eigenvalue weighted by Gasteiger charge is -2.11. The number of carbonyl (C=O) groups excluding carboxylic acids is 1. The van der Waals surface area contributed by atoms with E-state index in [0.717, 1.165) is 11.8 Å². The fourth-order valence-corrected chi connectivity index (χ4v) is 1.42. The molecule has 1 atom stereocenters. The first-order valence-electron chi connectivity index (χ1n) is 4.71. The molecule has 0 bridgehead atoms. The number of nitrogens with zero attached hydrogens (tertiary/aromatic N) is 1. The molecule has 0 aliphatic heterocycles. The van der Waals surface area contributed by atoms with Crippen LogP contribution in [0.25, 0.3) is 0 Å². The molecule has 1 aromatic heterocycles. The first-order valence-corrected chi connectivity index (χ1v) is 4.71. The summed E-state index contributed by atoms with van der Waals surface area (Å²) in [6, 6.07) is 3.65. The normalized spacial score (nSPS) is 12.1. The van der Waals surface area contributed by atoms with Crippen molar-refractivity contribution in [1.82, 2.24) is 4.98 Å². The van der Waals surface area contributed by atoms with E-state index < -0.39 is 5.97 Å². The van der Waals surface area contributed by atoms with Crippen LogP contribution in [0.15, 0.2) is 18.3 Å². The molecular formula is C11H13NO3. The second kappa shape index (κ2) is 5.24. The summed E-state index contributed by atoms with van der Waals surface area (Å²) < 4.78 is 0. The zero-order valence-corrected chi connectivity index (χ0v) is 8.51. The summed E-state index contributed by atoms with van der Waals surface area (Å²) in [7, 11) is 0. The summed E-state index contributed by atoms with van der Waals surface area (Å²) >= 11 is 0. The predicted octanol–water partition coefficient (Wildman–Crippen LogP) is 1.54. The Hall–Kier alpha value is -1.71. The van der Waals surface area contributed by atoms with E-state index in [2.05, 4.69) is 4.98 Å². The third kappa shape index (κ3) is 3.50. The number of hydrogen-bond donors (Lipinski definition) is 1. The van der Waals surface area contributed by atoms with Crippen molar-refractivity contribution < 1.29 is 14.7 Å². The van der Waals surface area contributed by atoms with Crippen LogP contribution in [0, 0.1) is 6.92 Å². The van der Waals surface area contributed by atoms with Crippen molar-refractivity contribution in [3.8, 4) is 0 Å². The summed E-state index contributed by atoms with van der Waals surface area (Å²) in [6.07, 6.45) is 2.50. The molecule has 15 heavy (non-hydrogen) atoms. The van der Waals surface area contributed by atoms with Crippen LogP contribution in [0.4, 0.5) is 0 Å². The maximum Gasteiger partial charge on any atom is 0.304 e. The summed E-state index contributed by atoms with van der Waals surface area (Å²) in [5.74, 6) is -1.23. The number of pyridine rings is 1. The van der Waals surface area contributed by atoms with Gasteiger partial charge in [0.1, 0.15) is 6.29 Å². The molecule has 1 aromatic rings. The van der Waals surface area contributed by atoms with Crippen molar-refractivity contribution in [2.24, 2.45) is 0 Å². The molecule has 0 aliphatic rings. The van der Waals surface area contributed by atoms with E-state index in [9.17, 15) is 9.59 Å². The quantitative estimate of drug-likeness (QED) is 0.743. The fourth-order valence-electron chi connectivity index (χ4n) is 1.42. The average molecular weight is 207 g/mol. The van der Waals surface area contributed by atoms with Gasteiger partial charge in [-0.25, -0.2) is 0 Å². The molecule has 1 N–H and O–H groups in total. The fraction of sp³-hybridized carbons (Fsp3) is 0.364. The van der Waals surface area contributed by atoms with Crippen LogP contribution >= 0.6 is 0 Å². The molecule has 0 spiro atoms. The van der Waals surface area contributed by atoms with Crippen molar-refractivity contribution in [2.75, 3.05) is 0 Å². The van der Waals surface area contributed by atoms with Gasteiger partial charge in [-0.15, -0.1) is 0 Å². The number of carbonyl (C=O) groups is 2. The average Bonchev–Trinajstić information content (AvgIpc) is 2.16. The van der Waals surface area contributed by atoms with Gasteiger partial charge >= 0.3 is 5.97 Å². The number of aromatic nitrogens is 1. The Kier molecular flexibility index (Phi) is 3.97. The minimum atomic E-state index is -0.912. The lowest BCUT2D eigenvalue weighted by atomic mass is 9.97. The summed E-state index contributed by atoms with van der Waals surface area (Å²) in [5.41, 5.74) is 1.69. The van der Waals surface area contributed by atoms with Crippen LogP contribution in [0.2, 0.25) is 0 Å². The van der Waals surface area contributed by atoms with Crippen LogP contribution in [0.1, 0.15) is 30.0 Å². The molecule has 0 fully saturated rings. The SMILES string of the molecule is Cc1ccnc(C(CC=O)CC(=O)O)c1. The Labute approximate surface area is 88.0 Å². The number of aryl methyl sites for hydroxylation is 1. The molecule has 80 valence electrons. The van der Waals surface area contributed by atoms with Gasteiger partial charge in [0.15, 0.2) is 0 Å². The molecule has 1 heterocycles. The number of aliphatic carboxylic acids is 1. The van der Waals surface area contributed by atoms with Gasteiger partial charge in [-0.3, -0.25) is 9.78 Å². The topological polar surface area (TPSA) is 67.3 Å². The second-order valence-corrected chi connectivity index (χ2v) is 3.46. The van der Waals surface area contributed by atoms with Gasteiger partial charge in [-0.2, -0.15) is 0 Å². The van der Waals surface area contributed by atoms with E-state index in [1.54, 1.807) is 6.20 Å². The molecule has 0 saturated heterocycles. The second-order valence-electron chi connectivity index (χ2n) is 3.46. The minimum Gasteiger partial charge on any atom is -0.481 e. The van der Waals surface area contributed by atoms with Gasteiger partial charge in [-0.1, -0.05) is 0 Å². The van der Waals surface area contributed by atoms with Gasteiger partial charge in [-0.05, 0) is 24.6 Å². The van der Waals surface area contributed by atoms with Gasteiger partial charge < -0.3 is 9.90 Å². The third-order valence-electron chi connectivity index (χ3n) is 2.16. The van der Waals surface area contributed by atoms with Crippen LogP contribution < -0.4 is 0 Å². The van der Waals surface area contributed by atoms with Crippen molar-refractivity contribution in [1.29, 1.82) is 0 Å². The highest BCUT2D eigenvalue weighted by molar-refractivity contribution is 5.69. The highest BCUT2D eigenvalue weighted by atomic mass is 16.4. The van der Waals surface area contributed by atoms with Gasteiger partial charge in [0.25, 0.3) is 0 Å². The monoisotopic (exact) mass is 207 g/mol. The highest BCUT2D eigenvalue weighted by Gasteiger charge is 2.16. The van der Waals surface area contributed by atoms with E-state index in [1.165, 1.54) is 0 Å². The van der Waals surface area contributed by atoms with Crippen LogP contribution in [-0.4, -0.2) is 22.3 Å². The maximum absolute atomic E-state index is 10.6. The Balaban J connectivity index is 2.87. The van der Waals surface area contributed by atoms with E-state index in [1.807, 2.05) is 19.1 Å². The lowest BCUT2D eigenvalue weighted by molar-refractivity contribution is -0.137. The third-order valence-corrected chi connectivity index (χ3v) is 2.16. The first-order chi connectivity index (χ1) is 7.13. The number of hydrogen-bond acceptors (Lipinski definition) is 3. The van der Waals surface area contributed by atoms with Gasteiger partial charge in [0.2, 0.25) is 0 Å². The van der Waals surface area contributed by atoms with Crippen LogP contribution in [-0.2, 0) is 9.59 Å². The molecule has 0 amide bonds. The summed E-state index contributed by atoms with van der Waals surface area (Å²) in [5, 5.41) is 8.70. The molecule has 0 aromatic carbocycles. The molecule has 0 radical (unpaired) electrons. The van der Waals surface area contributed by atoms with Crippen molar-refractivity contribution in [3.63, 3.8) is 0 Å². The standard InChI is InChI=1S/C11H13NO3/c1-8-2-4-12-10(6-8)9(3-5-13)7-11(14)15/h2,4-6,9H,3,7H2,1H3,(H,14,15). The number of rotatable bonds is 5. The van der Waals surface area contributed by atoms with Crippen LogP contribution in [0.5, 0.6) is 0 Å². The molecule has 0 aliphatic carbocycles. The van der Waals surface area contributed by atoms with E-state index in [4.69, 9.17) is 5.11 Å². The summed E-state index contributed by atoms with van der Waals surface area (Å²) in [4.78, 5) is 25.1. The summed E-state index contributed by atoms with van der Waals surface area (Å²) in [6.45, 7) is 1.91. The molecule has 0 saturated carbocycles. The number of carboxylic acids is 1.